The fourth-order valence-electron chi connectivity index (χ4n) is 2.86. The van der Waals surface area contributed by atoms with E-state index in [2.05, 4.69) is 10.6 Å². The van der Waals surface area contributed by atoms with Crippen LogP contribution in [0.15, 0.2) is 0 Å². The van der Waals surface area contributed by atoms with Crippen molar-refractivity contribution in [3.05, 3.63) is 0 Å². The summed E-state index contributed by atoms with van der Waals surface area (Å²) in [5.41, 5.74) is 10.8. The van der Waals surface area contributed by atoms with Crippen LogP contribution in [-0.2, 0) is 19.2 Å². The summed E-state index contributed by atoms with van der Waals surface area (Å²) < 4.78 is 0. The summed E-state index contributed by atoms with van der Waals surface area (Å²) in [6, 6.07) is -2.61. The predicted octanol–water partition coefficient (Wildman–Crippen LogP) is -1.86. The highest BCUT2D eigenvalue weighted by atomic mass is 16.4. The van der Waals surface area contributed by atoms with Crippen molar-refractivity contribution in [1.29, 1.82) is 0 Å². The molecule has 1 saturated heterocycles. The number of nitrogens with zero attached hydrogens (tertiary/aromatic N) is 1. The third-order valence-electron chi connectivity index (χ3n) is 4.36. The SMILES string of the molecule is CC(NC(=O)C(CCCCN)NC(=O)C1CCCN1C(=O)CN)C(=O)O. The van der Waals surface area contributed by atoms with Crippen molar-refractivity contribution < 1.29 is 24.3 Å². The summed E-state index contributed by atoms with van der Waals surface area (Å²) in [6.07, 6.45) is 2.80. The van der Waals surface area contributed by atoms with E-state index in [1.807, 2.05) is 0 Å². The monoisotopic (exact) mass is 371 g/mol. The fourth-order valence-corrected chi connectivity index (χ4v) is 2.86. The van der Waals surface area contributed by atoms with Crippen LogP contribution >= 0.6 is 0 Å². The van der Waals surface area contributed by atoms with Crippen molar-refractivity contribution in [3.8, 4) is 0 Å². The first-order valence-corrected chi connectivity index (χ1v) is 8.85. The van der Waals surface area contributed by atoms with Crippen LogP contribution in [0.1, 0.15) is 39.0 Å². The lowest BCUT2D eigenvalue weighted by molar-refractivity contribution is -0.142. The van der Waals surface area contributed by atoms with E-state index >= 15 is 0 Å². The molecule has 0 radical (unpaired) electrons. The van der Waals surface area contributed by atoms with E-state index in [-0.39, 0.29) is 12.5 Å². The molecule has 0 aromatic heterocycles. The summed E-state index contributed by atoms with van der Waals surface area (Å²) >= 11 is 0. The highest BCUT2D eigenvalue weighted by Gasteiger charge is 2.35. The first kappa shape index (κ1) is 21.8. The number of unbranched alkanes of at least 4 members (excludes halogenated alkanes) is 1. The van der Waals surface area contributed by atoms with E-state index in [1.54, 1.807) is 0 Å². The molecule has 10 nitrogen and oxygen atoms in total. The normalized spacial score (nSPS) is 18.9. The van der Waals surface area contributed by atoms with Gasteiger partial charge in [-0.3, -0.25) is 19.2 Å². The first-order chi connectivity index (χ1) is 12.3. The average Bonchev–Trinajstić information content (AvgIpc) is 3.09. The number of hydrogen-bond donors (Lipinski definition) is 5. The molecule has 3 amide bonds. The van der Waals surface area contributed by atoms with E-state index < -0.39 is 35.9 Å². The summed E-state index contributed by atoms with van der Waals surface area (Å²) in [5.74, 6) is -2.48. The van der Waals surface area contributed by atoms with Gasteiger partial charge >= 0.3 is 5.97 Å². The predicted molar refractivity (Wildman–Crippen MR) is 93.9 cm³/mol. The molecule has 3 unspecified atom stereocenters. The second kappa shape index (κ2) is 10.7. The third kappa shape index (κ3) is 6.26. The first-order valence-electron chi connectivity index (χ1n) is 8.85. The second-order valence-electron chi connectivity index (χ2n) is 6.36. The van der Waals surface area contributed by atoms with Crippen LogP contribution < -0.4 is 22.1 Å². The number of carbonyl (C=O) groups excluding carboxylic acids is 3. The van der Waals surface area contributed by atoms with Gasteiger partial charge in [0.15, 0.2) is 0 Å². The molecule has 7 N–H and O–H groups in total. The van der Waals surface area contributed by atoms with Crippen LogP contribution in [0.25, 0.3) is 0 Å². The number of carboxylic acid groups (broad SMARTS) is 1. The average molecular weight is 371 g/mol. The van der Waals surface area contributed by atoms with Crippen LogP contribution in [0, 0.1) is 0 Å². The Morgan fingerprint density at radius 1 is 1.19 bits per heavy atom. The molecular weight excluding hydrogens is 342 g/mol. The van der Waals surface area contributed by atoms with E-state index in [1.165, 1.54) is 11.8 Å². The number of amides is 3. The lowest BCUT2D eigenvalue weighted by Gasteiger charge is -2.26. The van der Waals surface area contributed by atoms with Crippen molar-refractivity contribution in [2.45, 2.75) is 57.2 Å². The summed E-state index contributed by atoms with van der Waals surface area (Å²) in [4.78, 5) is 49.1. The van der Waals surface area contributed by atoms with Gasteiger partial charge in [0.2, 0.25) is 17.7 Å². The standard InChI is InChI=1S/C16H29N5O5/c1-10(16(25)26)19-14(23)11(5-2-3-7-17)20-15(24)12-6-4-8-21(12)13(22)9-18/h10-12H,2-9,17-18H2,1H3,(H,19,23)(H,20,24)(H,25,26). The minimum Gasteiger partial charge on any atom is -0.480 e. The largest absolute Gasteiger partial charge is 0.480 e. The van der Waals surface area contributed by atoms with Crippen molar-refractivity contribution in [2.75, 3.05) is 19.6 Å². The van der Waals surface area contributed by atoms with Crippen LogP contribution in [-0.4, -0.2) is 71.5 Å². The van der Waals surface area contributed by atoms with Crippen molar-refractivity contribution in [1.82, 2.24) is 15.5 Å². The number of nitrogens with one attached hydrogen (secondary N) is 2. The number of carboxylic acids is 1. The zero-order valence-electron chi connectivity index (χ0n) is 15.1. The lowest BCUT2D eigenvalue weighted by Crippen LogP contribution is -2.55. The Bertz CT molecular complexity index is 527. The highest BCUT2D eigenvalue weighted by Crippen LogP contribution is 2.17. The van der Waals surface area contributed by atoms with E-state index in [4.69, 9.17) is 16.6 Å². The maximum Gasteiger partial charge on any atom is 0.325 e. The second-order valence-corrected chi connectivity index (χ2v) is 6.36. The van der Waals surface area contributed by atoms with Crippen LogP contribution in [0.4, 0.5) is 0 Å². The minimum atomic E-state index is -1.17. The molecule has 1 heterocycles. The van der Waals surface area contributed by atoms with Crippen molar-refractivity contribution in [3.63, 3.8) is 0 Å². The molecule has 3 atom stereocenters. The zero-order chi connectivity index (χ0) is 19.7. The van der Waals surface area contributed by atoms with E-state index in [0.29, 0.717) is 45.2 Å². The molecule has 1 fully saturated rings. The van der Waals surface area contributed by atoms with Gasteiger partial charge in [-0.15, -0.1) is 0 Å². The molecule has 0 aliphatic carbocycles. The van der Waals surface area contributed by atoms with Gasteiger partial charge in [-0.25, -0.2) is 0 Å². The summed E-state index contributed by atoms with van der Waals surface area (Å²) in [6.45, 7) is 2.07. The quantitative estimate of drug-likeness (QED) is 0.280. The number of aliphatic carboxylic acids is 1. The van der Waals surface area contributed by atoms with Crippen molar-refractivity contribution in [2.24, 2.45) is 11.5 Å². The van der Waals surface area contributed by atoms with E-state index in [0.717, 1.165) is 0 Å². The Hall–Kier alpha value is -2.20. The minimum absolute atomic E-state index is 0.180. The van der Waals surface area contributed by atoms with Crippen LogP contribution in [0.3, 0.4) is 0 Å². The number of rotatable bonds is 10. The molecule has 0 aromatic rings. The topological polar surface area (TPSA) is 168 Å². The molecule has 148 valence electrons. The Kier molecular flexibility index (Phi) is 9.00. The molecule has 1 aliphatic rings. The molecule has 0 spiro atoms. The molecule has 26 heavy (non-hydrogen) atoms. The Morgan fingerprint density at radius 3 is 2.46 bits per heavy atom. The number of hydrogen-bond acceptors (Lipinski definition) is 6. The summed E-state index contributed by atoms with van der Waals surface area (Å²) in [5, 5.41) is 13.9. The Balaban J connectivity index is 2.76. The van der Waals surface area contributed by atoms with Gasteiger partial charge in [0.05, 0.1) is 6.54 Å². The van der Waals surface area contributed by atoms with Crippen LogP contribution in [0.5, 0.6) is 0 Å². The van der Waals surface area contributed by atoms with Gasteiger partial charge in [-0.1, -0.05) is 0 Å². The van der Waals surface area contributed by atoms with E-state index in [9.17, 15) is 19.2 Å². The fraction of sp³-hybridized carbons (Fsp3) is 0.750. The number of likely N-dealkylation sites (tertiary alicyclic amines) is 1. The zero-order valence-corrected chi connectivity index (χ0v) is 15.1. The molecule has 0 saturated carbocycles. The van der Waals surface area contributed by atoms with Gasteiger partial charge in [0.25, 0.3) is 0 Å². The molecule has 0 bridgehead atoms. The van der Waals surface area contributed by atoms with Gasteiger partial charge in [-0.05, 0) is 45.6 Å². The lowest BCUT2D eigenvalue weighted by atomic mass is 10.1. The number of carbonyl (C=O) groups is 4. The molecule has 0 aromatic carbocycles. The van der Waals surface area contributed by atoms with Gasteiger partial charge in [0.1, 0.15) is 18.1 Å². The van der Waals surface area contributed by atoms with Crippen LogP contribution in [0.2, 0.25) is 0 Å². The third-order valence-corrected chi connectivity index (χ3v) is 4.36. The Morgan fingerprint density at radius 2 is 1.88 bits per heavy atom. The molecular formula is C16H29N5O5. The summed E-state index contributed by atoms with van der Waals surface area (Å²) in [7, 11) is 0. The maximum absolute atomic E-state index is 12.6. The molecule has 1 rings (SSSR count). The van der Waals surface area contributed by atoms with Gasteiger partial charge < -0.3 is 32.1 Å². The number of nitrogens with two attached hydrogens (primary N) is 2. The van der Waals surface area contributed by atoms with Gasteiger partial charge in [-0.2, -0.15) is 0 Å². The Labute approximate surface area is 152 Å². The van der Waals surface area contributed by atoms with Gasteiger partial charge in [0, 0.05) is 6.54 Å². The molecule has 10 heteroatoms. The highest BCUT2D eigenvalue weighted by molar-refractivity contribution is 5.93. The smallest absolute Gasteiger partial charge is 0.325 e. The molecule has 1 aliphatic heterocycles. The van der Waals surface area contributed by atoms with Crippen molar-refractivity contribution >= 4 is 23.7 Å². The maximum atomic E-state index is 12.6.